The van der Waals surface area contributed by atoms with Gasteiger partial charge in [0.15, 0.2) is 0 Å². The number of amides is 2. The molecular formula is C28H35FN2O3. The smallest absolute Gasteiger partial charge is 0.229 e. The molecule has 0 radical (unpaired) electrons. The second-order valence-electron chi connectivity index (χ2n) is 9.48. The zero-order chi connectivity index (χ0) is 24.0. The minimum Gasteiger partial charge on any atom is -0.491 e. The first-order chi connectivity index (χ1) is 16.5. The Morgan fingerprint density at radius 2 is 1.74 bits per heavy atom. The van der Waals surface area contributed by atoms with Gasteiger partial charge >= 0.3 is 0 Å². The third kappa shape index (κ3) is 5.43. The summed E-state index contributed by atoms with van der Waals surface area (Å²) in [6, 6.07) is 14.6. The molecule has 2 amide bonds. The first-order valence-electron chi connectivity index (χ1n) is 12.5. The molecule has 0 bridgehead atoms. The molecule has 2 aromatic rings. The van der Waals surface area contributed by atoms with Gasteiger partial charge in [-0.3, -0.25) is 9.59 Å². The van der Waals surface area contributed by atoms with E-state index in [2.05, 4.69) is 6.07 Å². The van der Waals surface area contributed by atoms with Crippen LogP contribution in [0.3, 0.4) is 0 Å². The van der Waals surface area contributed by atoms with Crippen molar-refractivity contribution in [1.82, 2.24) is 9.80 Å². The molecule has 6 heteroatoms. The van der Waals surface area contributed by atoms with Crippen molar-refractivity contribution in [3.63, 3.8) is 0 Å². The van der Waals surface area contributed by atoms with E-state index in [1.807, 2.05) is 30.0 Å². The summed E-state index contributed by atoms with van der Waals surface area (Å²) >= 11 is 0. The Bertz CT molecular complexity index is 1000. The molecule has 2 aromatic carbocycles. The monoisotopic (exact) mass is 466 g/mol. The molecule has 1 spiro atoms. The van der Waals surface area contributed by atoms with Crippen molar-refractivity contribution < 1.29 is 18.7 Å². The Hall–Kier alpha value is -2.89. The lowest BCUT2D eigenvalue weighted by atomic mass is 9.73. The van der Waals surface area contributed by atoms with Gasteiger partial charge in [-0.15, -0.1) is 0 Å². The second kappa shape index (κ2) is 11.0. The number of hydrogen-bond acceptors (Lipinski definition) is 3. The average molecular weight is 467 g/mol. The molecule has 0 aromatic heterocycles. The minimum absolute atomic E-state index is 0.0610. The van der Waals surface area contributed by atoms with Crippen molar-refractivity contribution in [2.75, 3.05) is 32.8 Å². The number of aryl methyl sites for hydroxylation is 1. The molecule has 2 aliphatic rings. The summed E-state index contributed by atoms with van der Waals surface area (Å²) in [5.41, 5.74) is 1.20. The predicted molar refractivity (Wildman–Crippen MR) is 130 cm³/mol. The van der Waals surface area contributed by atoms with Crippen molar-refractivity contribution in [3.05, 3.63) is 65.5 Å². The number of rotatable bonds is 3. The summed E-state index contributed by atoms with van der Waals surface area (Å²) in [6.45, 7) is 4.76. The summed E-state index contributed by atoms with van der Waals surface area (Å²) in [7, 11) is 0. The maximum absolute atomic E-state index is 14.0. The number of halogens is 1. The van der Waals surface area contributed by atoms with E-state index in [1.54, 1.807) is 23.1 Å². The fraction of sp³-hybridized carbons (Fsp3) is 0.500. The van der Waals surface area contributed by atoms with E-state index in [4.69, 9.17) is 4.74 Å². The van der Waals surface area contributed by atoms with E-state index in [0.29, 0.717) is 51.2 Å². The number of piperidine rings is 1. The van der Waals surface area contributed by atoms with Crippen LogP contribution in [0.2, 0.25) is 0 Å². The lowest BCUT2D eigenvalue weighted by molar-refractivity contribution is -0.149. The summed E-state index contributed by atoms with van der Waals surface area (Å²) in [5.74, 6) is 0.690. The van der Waals surface area contributed by atoms with E-state index in [-0.39, 0.29) is 24.1 Å². The quantitative estimate of drug-likeness (QED) is 0.663. The highest BCUT2D eigenvalue weighted by Crippen LogP contribution is 2.39. The Morgan fingerprint density at radius 1 is 1.00 bits per heavy atom. The second-order valence-corrected chi connectivity index (χ2v) is 9.48. The molecule has 0 N–H and O–H groups in total. The van der Waals surface area contributed by atoms with Crippen molar-refractivity contribution in [1.29, 1.82) is 0 Å². The van der Waals surface area contributed by atoms with Crippen LogP contribution in [0.15, 0.2) is 48.5 Å². The van der Waals surface area contributed by atoms with Gasteiger partial charge in [0.2, 0.25) is 11.8 Å². The third-order valence-corrected chi connectivity index (χ3v) is 7.44. The Balaban J connectivity index is 1.44. The van der Waals surface area contributed by atoms with Gasteiger partial charge in [0.05, 0.1) is 18.4 Å². The van der Waals surface area contributed by atoms with Gasteiger partial charge in [-0.1, -0.05) is 42.8 Å². The molecule has 0 aliphatic carbocycles. The number of fused-ring (bicyclic) bond motifs is 1. The number of nitrogens with zero attached hydrogens (tertiary/aromatic N) is 2. The van der Waals surface area contributed by atoms with E-state index in [9.17, 15) is 14.0 Å². The lowest BCUT2D eigenvalue weighted by Crippen LogP contribution is -2.52. The van der Waals surface area contributed by atoms with Crippen molar-refractivity contribution >= 4 is 11.8 Å². The van der Waals surface area contributed by atoms with Gasteiger partial charge in [-0.2, -0.15) is 0 Å². The normalized spacial score (nSPS) is 19.1. The number of hydrogen-bond donors (Lipinski definition) is 0. The zero-order valence-corrected chi connectivity index (χ0v) is 20.1. The summed E-state index contributed by atoms with van der Waals surface area (Å²) in [6.07, 6.45) is 5.10. The Labute approximate surface area is 201 Å². The van der Waals surface area contributed by atoms with Gasteiger partial charge in [-0.25, -0.2) is 4.39 Å². The van der Waals surface area contributed by atoms with Crippen LogP contribution in [0.5, 0.6) is 5.75 Å². The summed E-state index contributed by atoms with van der Waals surface area (Å²) < 4.78 is 20.1. The maximum atomic E-state index is 14.0. The molecule has 0 atom stereocenters. The number of benzene rings is 2. The average Bonchev–Trinajstić information content (AvgIpc) is 2.86. The summed E-state index contributed by atoms with van der Waals surface area (Å²) in [5, 5.41) is 0. The number of para-hydroxylation sites is 1. The van der Waals surface area contributed by atoms with Crippen LogP contribution in [0.25, 0.3) is 0 Å². The van der Waals surface area contributed by atoms with Gasteiger partial charge in [0.1, 0.15) is 18.2 Å². The van der Waals surface area contributed by atoms with E-state index in [1.165, 1.54) is 11.6 Å². The number of carbonyl (C=O) groups is 2. The van der Waals surface area contributed by atoms with Crippen molar-refractivity contribution in [2.24, 2.45) is 5.41 Å². The van der Waals surface area contributed by atoms with E-state index >= 15 is 0 Å². The summed E-state index contributed by atoms with van der Waals surface area (Å²) in [4.78, 5) is 30.3. The van der Waals surface area contributed by atoms with Crippen molar-refractivity contribution in [3.8, 4) is 5.75 Å². The molecule has 1 fully saturated rings. The van der Waals surface area contributed by atoms with Crippen LogP contribution in [0.4, 0.5) is 4.39 Å². The first kappa shape index (κ1) is 24.2. The fourth-order valence-electron chi connectivity index (χ4n) is 5.31. The molecule has 34 heavy (non-hydrogen) atoms. The lowest BCUT2D eigenvalue weighted by Gasteiger charge is -2.43. The van der Waals surface area contributed by atoms with E-state index < -0.39 is 5.41 Å². The van der Waals surface area contributed by atoms with Gasteiger partial charge in [0.25, 0.3) is 0 Å². The fourth-order valence-corrected chi connectivity index (χ4v) is 5.31. The molecule has 182 valence electrons. The highest BCUT2D eigenvalue weighted by Gasteiger charge is 2.43. The molecule has 2 heterocycles. The number of carbonyl (C=O) groups excluding carboxylic acids is 2. The Morgan fingerprint density at radius 3 is 2.50 bits per heavy atom. The van der Waals surface area contributed by atoms with Gasteiger partial charge in [-0.05, 0) is 62.3 Å². The zero-order valence-electron chi connectivity index (χ0n) is 20.1. The minimum atomic E-state index is -0.441. The topological polar surface area (TPSA) is 49.9 Å². The largest absolute Gasteiger partial charge is 0.491 e. The van der Waals surface area contributed by atoms with Crippen molar-refractivity contribution in [2.45, 2.75) is 51.9 Å². The number of ether oxygens (including phenoxy) is 1. The molecule has 1 saturated heterocycles. The third-order valence-electron chi connectivity index (χ3n) is 7.44. The SMILES string of the molecule is CCN1CCOc2ccccc2CCCCC2(CCN(C(=O)Cc3ccccc3F)CC2)C1=O. The van der Waals surface area contributed by atoms with E-state index in [0.717, 1.165) is 31.4 Å². The Kier molecular flexibility index (Phi) is 7.86. The predicted octanol–water partition coefficient (Wildman–Crippen LogP) is 4.63. The van der Waals surface area contributed by atoms with Gasteiger partial charge in [0, 0.05) is 19.6 Å². The van der Waals surface area contributed by atoms with Crippen LogP contribution in [-0.2, 0) is 22.4 Å². The van der Waals surface area contributed by atoms with Crippen LogP contribution in [0, 0.1) is 11.2 Å². The van der Waals surface area contributed by atoms with Crippen LogP contribution in [0.1, 0.15) is 50.2 Å². The molecule has 4 rings (SSSR count). The number of likely N-dealkylation sites (N-methyl/N-ethyl adjacent to an activating group) is 1. The molecule has 0 unspecified atom stereocenters. The highest BCUT2D eigenvalue weighted by molar-refractivity contribution is 5.84. The highest BCUT2D eigenvalue weighted by atomic mass is 19.1. The molecular weight excluding hydrogens is 431 g/mol. The number of likely N-dealkylation sites (tertiary alicyclic amines) is 1. The van der Waals surface area contributed by atoms with Crippen LogP contribution in [-0.4, -0.2) is 54.4 Å². The van der Waals surface area contributed by atoms with Crippen LogP contribution >= 0.6 is 0 Å². The van der Waals surface area contributed by atoms with Gasteiger partial charge < -0.3 is 14.5 Å². The molecule has 2 aliphatic heterocycles. The standard InChI is InChI=1S/C28H35FN2O3/c1-2-30-19-20-34-25-13-6-4-9-22(25)10-7-8-14-28(27(30)33)15-17-31(18-16-28)26(32)21-23-11-3-5-12-24(23)29/h3-6,9,11-13H,2,7-8,10,14-21H2,1H3. The molecule has 5 nitrogen and oxygen atoms in total. The van der Waals surface area contributed by atoms with Crippen LogP contribution < -0.4 is 4.74 Å². The first-order valence-corrected chi connectivity index (χ1v) is 12.5. The maximum Gasteiger partial charge on any atom is 0.229 e. The molecule has 0 saturated carbocycles.